The lowest BCUT2D eigenvalue weighted by Crippen LogP contribution is -2.36. The lowest BCUT2D eigenvalue weighted by Gasteiger charge is -2.29. The van der Waals surface area contributed by atoms with Crippen molar-refractivity contribution in [2.24, 2.45) is 0 Å². The van der Waals surface area contributed by atoms with E-state index in [9.17, 15) is 22.1 Å². The fourth-order valence-corrected chi connectivity index (χ4v) is 6.14. The summed E-state index contributed by atoms with van der Waals surface area (Å²) in [7, 11) is -6.80. The molecule has 0 bridgehead atoms. The van der Waals surface area contributed by atoms with Crippen LogP contribution >= 0.6 is 11.6 Å². The lowest BCUT2D eigenvalue weighted by molar-refractivity contribution is 0.122. The van der Waals surface area contributed by atoms with E-state index in [1.54, 1.807) is 32.9 Å². The minimum absolute atomic E-state index is 0.00627. The standard InChI is InChI=1S/C14H18N2O3S.C10H10ClNO2S/c1-3-20(17,18)14-9-12(8-11(2)13(14)10-15)16-4-6-19-7-5-16;1-3-15(13,14)10-5-8(11)4-7(2)9(10)6-12/h8-9H,3-7H2,1-2H3;4-5H,3H2,1-2H3. The molecule has 1 aliphatic heterocycles. The highest BCUT2D eigenvalue weighted by Gasteiger charge is 2.22. The zero-order valence-corrected chi connectivity index (χ0v) is 22.5. The third-order valence-electron chi connectivity index (χ3n) is 5.58. The second-order valence-corrected chi connectivity index (χ2v) is 12.8. The van der Waals surface area contributed by atoms with Gasteiger partial charge in [0.25, 0.3) is 0 Å². The van der Waals surface area contributed by atoms with Crippen molar-refractivity contribution < 1.29 is 21.6 Å². The molecule has 35 heavy (non-hydrogen) atoms. The first-order chi connectivity index (χ1) is 16.4. The van der Waals surface area contributed by atoms with E-state index in [2.05, 4.69) is 4.90 Å². The number of nitrogens with zero attached hydrogens (tertiary/aromatic N) is 3. The lowest BCUT2D eigenvalue weighted by atomic mass is 10.1. The maximum atomic E-state index is 12.2. The van der Waals surface area contributed by atoms with E-state index < -0.39 is 19.7 Å². The molecule has 188 valence electrons. The molecule has 0 radical (unpaired) electrons. The average molecular weight is 538 g/mol. The minimum Gasteiger partial charge on any atom is -0.378 e. The van der Waals surface area contributed by atoms with E-state index >= 15 is 0 Å². The Balaban J connectivity index is 0.000000258. The normalized spacial score (nSPS) is 13.9. The monoisotopic (exact) mass is 537 g/mol. The molecule has 1 saturated heterocycles. The Labute approximate surface area is 212 Å². The van der Waals surface area contributed by atoms with Gasteiger partial charge >= 0.3 is 0 Å². The highest BCUT2D eigenvalue weighted by molar-refractivity contribution is 7.91. The highest BCUT2D eigenvalue weighted by Crippen LogP contribution is 2.28. The van der Waals surface area contributed by atoms with Crippen molar-refractivity contribution in [1.82, 2.24) is 0 Å². The number of morpholine rings is 1. The van der Waals surface area contributed by atoms with Gasteiger partial charge < -0.3 is 9.64 Å². The SMILES string of the molecule is CCS(=O)(=O)c1cc(Cl)cc(C)c1C#N.CCS(=O)(=O)c1cc(N2CCOCC2)cc(C)c1C#N. The number of halogens is 1. The van der Waals surface area contributed by atoms with Gasteiger partial charge in [0.15, 0.2) is 19.7 Å². The average Bonchev–Trinajstić information content (AvgIpc) is 2.84. The summed E-state index contributed by atoms with van der Waals surface area (Å²) in [6.45, 7) is 9.30. The fourth-order valence-electron chi connectivity index (χ4n) is 3.54. The summed E-state index contributed by atoms with van der Waals surface area (Å²) in [5, 5.41) is 18.4. The Bertz CT molecular complexity index is 1390. The molecule has 0 amide bonds. The second-order valence-electron chi connectivity index (χ2n) is 7.86. The molecule has 0 saturated carbocycles. The number of benzene rings is 2. The van der Waals surface area contributed by atoms with Crippen LogP contribution in [0.5, 0.6) is 0 Å². The van der Waals surface area contributed by atoms with Crippen LogP contribution in [0.25, 0.3) is 0 Å². The molecule has 1 aliphatic rings. The molecular formula is C24H28ClN3O5S2. The van der Waals surface area contributed by atoms with Crippen molar-refractivity contribution in [2.45, 2.75) is 37.5 Å². The predicted molar refractivity (Wildman–Crippen MR) is 135 cm³/mol. The Morgan fingerprint density at radius 3 is 1.77 bits per heavy atom. The number of hydrogen-bond donors (Lipinski definition) is 0. The summed E-state index contributed by atoms with van der Waals surface area (Å²) in [6, 6.07) is 10.3. The van der Waals surface area contributed by atoms with Gasteiger partial charge in [0.2, 0.25) is 0 Å². The number of ether oxygens (including phenoxy) is 1. The molecular weight excluding hydrogens is 510 g/mol. The van der Waals surface area contributed by atoms with Crippen LogP contribution in [-0.2, 0) is 24.4 Å². The molecule has 11 heteroatoms. The van der Waals surface area contributed by atoms with Gasteiger partial charge in [-0.3, -0.25) is 0 Å². The van der Waals surface area contributed by atoms with Gasteiger partial charge in [0.1, 0.15) is 12.1 Å². The number of sulfone groups is 2. The van der Waals surface area contributed by atoms with Gasteiger partial charge in [-0.15, -0.1) is 0 Å². The number of aryl methyl sites for hydroxylation is 2. The third kappa shape index (κ3) is 6.74. The predicted octanol–water partition coefficient (Wildman–Crippen LogP) is 3.81. The van der Waals surface area contributed by atoms with Crippen molar-refractivity contribution in [1.29, 1.82) is 10.5 Å². The molecule has 0 N–H and O–H groups in total. The zero-order valence-electron chi connectivity index (χ0n) is 20.1. The van der Waals surface area contributed by atoms with Gasteiger partial charge in [-0.1, -0.05) is 25.4 Å². The first-order valence-electron chi connectivity index (χ1n) is 10.9. The molecule has 0 unspecified atom stereocenters. The molecule has 0 spiro atoms. The highest BCUT2D eigenvalue weighted by atomic mass is 35.5. The summed E-state index contributed by atoms with van der Waals surface area (Å²) in [6.07, 6.45) is 0. The summed E-state index contributed by atoms with van der Waals surface area (Å²) in [5.74, 6) is -0.0465. The van der Waals surface area contributed by atoms with E-state index in [1.807, 2.05) is 18.2 Å². The van der Waals surface area contributed by atoms with Gasteiger partial charge in [-0.05, 0) is 49.2 Å². The van der Waals surface area contributed by atoms with E-state index in [-0.39, 0.29) is 32.4 Å². The van der Waals surface area contributed by atoms with Crippen LogP contribution in [0.1, 0.15) is 36.1 Å². The zero-order chi connectivity index (χ0) is 26.4. The molecule has 3 rings (SSSR count). The third-order valence-corrected chi connectivity index (χ3v) is 9.30. The topological polar surface area (TPSA) is 128 Å². The molecule has 1 fully saturated rings. The Hall–Kier alpha value is -2.63. The van der Waals surface area contributed by atoms with Crippen LogP contribution in [-0.4, -0.2) is 54.6 Å². The van der Waals surface area contributed by atoms with Gasteiger partial charge in [0, 0.05) is 23.8 Å². The Morgan fingerprint density at radius 2 is 1.31 bits per heavy atom. The summed E-state index contributed by atoms with van der Waals surface area (Å²) < 4.78 is 53.0. The Kier molecular flexibility index (Phi) is 9.70. The fraction of sp³-hybridized carbons (Fsp3) is 0.417. The maximum absolute atomic E-state index is 12.2. The largest absolute Gasteiger partial charge is 0.378 e. The first-order valence-corrected chi connectivity index (χ1v) is 14.6. The molecule has 2 aromatic carbocycles. The van der Waals surface area contributed by atoms with Crippen molar-refractivity contribution in [3.63, 3.8) is 0 Å². The van der Waals surface area contributed by atoms with Crippen LogP contribution in [0.3, 0.4) is 0 Å². The smallest absolute Gasteiger partial charge is 0.179 e. The molecule has 2 aromatic rings. The molecule has 0 atom stereocenters. The van der Waals surface area contributed by atoms with Crippen molar-refractivity contribution in [3.05, 3.63) is 51.5 Å². The van der Waals surface area contributed by atoms with Crippen molar-refractivity contribution in [3.8, 4) is 12.1 Å². The van der Waals surface area contributed by atoms with Crippen LogP contribution in [0, 0.1) is 36.5 Å². The van der Waals surface area contributed by atoms with Crippen molar-refractivity contribution in [2.75, 3.05) is 42.7 Å². The minimum atomic E-state index is -3.41. The summed E-state index contributed by atoms with van der Waals surface area (Å²) >= 11 is 5.77. The van der Waals surface area contributed by atoms with Crippen LogP contribution in [0.4, 0.5) is 5.69 Å². The quantitative estimate of drug-likeness (QED) is 0.563. The summed E-state index contributed by atoms with van der Waals surface area (Å²) in [5.41, 5.74) is 2.56. The van der Waals surface area contributed by atoms with Gasteiger partial charge in [0.05, 0.1) is 45.6 Å². The number of hydrogen-bond acceptors (Lipinski definition) is 8. The second kappa shape index (κ2) is 11.9. The van der Waals surface area contributed by atoms with E-state index in [0.717, 1.165) is 18.8 Å². The number of rotatable bonds is 5. The number of anilines is 1. The van der Waals surface area contributed by atoms with Gasteiger partial charge in [-0.25, -0.2) is 16.8 Å². The van der Waals surface area contributed by atoms with Crippen molar-refractivity contribution >= 4 is 37.0 Å². The summed E-state index contributed by atoms with van der Waals surface area (Å²) in [4.78, 5) is 2.26. The van der Waals surface area contributed by atoms with E-state index in [4.69, 9.17) is 21.6 Å². The van der Waals surface area contributed by atoms with Crippen LogP contribution < -0.4 is 4.90 Å². The number of nitriles is 2. The van der Waals surface area contributed by atoms with E-state index in [0.29, 0.717) is 29.4 Å². The maximum Gasteiger partial charge on any atom is 0.179 e. The molecule has 0 aromatic heterocycles. The van der Waals surface area contributed by atoms with Gasteiger partial charge in [-0.2, -0.15) is 10.5 Å². The van der Waals surface area contributed by atoms with Crippen LogP contribution in [0.2, 0.25) is 5.02 Å². The van der Waals surface area contributed by atoms with E-state index in [1.165, 1.54) is 13.0 Å². The Morgan fingerprint density at radius 1 is 0.857 bits per heavy atom. The first kappa shape index (κ1) is 28.6. The molecule has 1 heterocycles. The molecule has 0 aliphatic carbocycles. The van der Waals surface area contributed by atoms with Crippen LogP contribution in [0.15, 0.2) is 34.1 Å². The molecule has 8 nitrogen and oxygen atoms in total.